The van der Waals surface area contributed by atoms with Gasteiger partial charge in [-0.3, -0.25) is 19.3 Å². The van der Waals surface area contributed by atoms with Crippen molar-refractivity contribution in [3.05, 3.63) is 17.7 Å². The third kappa shape index (κ3) is 6.61. The first-order valence-corrected chi connectivity index (χ1v) is 13.0. The van der Waals surface area contributed by atoms with Gasteiger partial charge in [-0.2, -0.15) is 0 Å². The number of carbonyl (C=O) groups is 3. The summed E-state index contributed by atoms with van der Waals surface area (Å²) in [5, 5.41) is 5.80. The van der Waals surface area contributed by atoms with Crippen LogP contribution in [0.2, 0.25) is 0 Å². The molecule has 3 atom stereocenters. The first kappa shape index (κ1) is 27.1. The van der Waals surface area contributed by atoms with Gasteiger partial charge in [0.2, 0.25) is 17.7 Å². The van der Waals surface area contributed by atoms with Crippen molar-refractivity contribution < 1.29 is 19.1 Å². The fraction of sp³-hybridized carbons (Fsp3) is 0.760. The van der Waals surface area contributed by atoms with Crippen LogP contribution < -0.4 is 10.6 Å². The third-order valence-corrected chi connectivity index (χ3v) is 7.21. The topological polar surface area (TPSA) is 109 Å². The maximum Gasteiger partial charge on any atom is 0.245 e. The molecule has 0 bridgehead atoms. The summed E-state index contributed by atoms with van der Waals surface area (Å²) in [5.74, 6) is 0.572. The van der Waals surface area contributed by atoms with E-state index in [9.17, 15) is 14.4 Å². The number of ether oxygens (including phenoxy) is 1. The van der Waals surface area contributed by atoms with Crippen LogP contribution >= 0.6 is 0 Å². The van der Waals surface area contributed by atoms with Crippen molar-refractivity contribution in [2.24, 2.45) is 7.05 Å². The highest BCUT2D eigenvalue weighted by molar-refractivity contribution is 5.84. The number of amides is 3. The van der Waals surface area contributed by atoms with E-state index >= 15 is 0 Å². The summed E-state index contributed by atoms with van der Waals surface area (Å²) in [6.07, 6.45) is 6.19. The van der Waals surface area contributed by atoms with Crippen LogP contribution in [0.15, 0.2) is 6.20 Å². The van der Waals surface area contributed by atoms with E-state index in [1.165, 1.54) is 0 Å². The molecule has 1 unspecified atom stereocenters. The summed E-state index contributed by atoms with van der Waals surface area (Å²) < 4.78 is 7.38. The first-order chi connectivity index (χ1) is 16.9. The normalized spacial score (nSPS) is 21.3. The minimum Gasteiger partial charge on any atom is -0.380 e. The highest BCUT2D eigenvalue weighted by Crippen LogP contribution is 2.36. The second-order valence-electron chi connectivity index (χ2n) is 9.40. The molecule has 2 N–H and O–H groups in total. The lowest BCUT2D eigenvalue weighted by Crippen LogP contribution is -2.64. The minimum absolute atomic E-state index is 0.0263. The van der Waals surface area contributed by atoms with Gasteiger partial charge in [-0.15, -0.1) is 0 Å². The summed E-state index contributed by atoms with van der Waals surface area (Å²) in [7, 11) is 1.94. The molecule has 1 aliphatic carbocycles. The smallest absolute Gasteiger partial charge is 0.245 e. The van der Waals surface area contributed by atoms with Gasteiger partial charge in [-0.1, -0.05) is 12.8 Å². The predicted molar refractivity (Wildman–Crippen MR) is 133 cm³/mol. The zero-order chi connectivity index (χ0) is 25.4. The Labute approximate surface area is 208 Å². The molecule has 196 valence electrons. The van der Waals surface area contributed by atoms with Gasteiger partial charge in [-0.25, -0.2) is 4.98 Å². The van der Waals surface area contributed by atoms with Gasteiger partial charge in [0.15, 0.2) is 0 Å². The SMILES string of the molecule is CCNC(=O)CCC(=O)N1CCN(C(C(=O)NCCOCC)c2ncc(C)n2C)[C@@H]2CCCC[C@H]21. The molecule has 2 fully saturated rings. The van der Waals surface area contributed by atoms with Crippen molar-refractivity contribution in [2.75, 3.05) is 39.4 Å². The van der Waals surface area contributed by atoms with Crippen LogP contribution in [0.25, 0.3) is 0 Å². The van der Waals surface area contributed by atoms with Gasteiger partial charge in [-0.05, 0) is 33.6 Å². The summed E-state index contributed by atoms with van der Waals surface area (Å²) in [6, 6.07) is -0.418. The van der Waals surface area contributed by atoms with E-state index in [1.807, 2.05) is 37.3 Å². The summed E-state index contributed by atoms with van der Waals surface area (Å²) in [4.78, 5) is 47.4. The van der Waals surface area contributed by atoms with Crippen molar-refractivity contribution in [3.63, 3.8) is 0 Å². The second kappa shape index (κ2) is 13.0. The van der Waals surface area contributed by atoms with E-state index in [-0.39, 0.29) is 42.6 Å². The molecule has 1 aliphatic heterocycles. The van der Waals surface area contributed by atoms with Crippen molar-refractivity contribution in [3.8, 4) is 0 Å². The maximum absolute atomic E-state index is 13.5. The Hall–Kier alpha value is -2.46. The molecule has 3 amide bonds. The number of hydrogen-bond donors (Lipinski definition) is 2. The number of imidazole rings is 1. The average molecular weight is 491 g/mol. The van der Waals surface area contributed by atoms with Gasteiger partial charge in [0.05, 0.1) is 6.61 Å². The number of aromatic nitrogens is 2. The third-order valence-electron chi connectivity index (χ3n) is 7.21. The van der Waals surface area contributed by atoms with Crippen molar-refractivity contribution in [2.45, 2.75) is 77.4 Å². The summed E-state index contributed by atoms with van der Waals surface area (Å²) in [6.45, 7) is 9.00. The molecule has 10 nitrogen and oxygen atoms in total. The van der Waals surface area contributed by atoms with Crippen molar-refractivity contribution in [1.29, 1.82) is 0 Å². The van der Waals surface area contributed by atoms with Gasteiger partial charge in [0.25, 0.3) is 0 Å². The highest BCUT2D eigenvalue weighted by atomic mass is 16.5. The molecule has 0 spiro atoms. The molecule has 1 aromatic rings. The van der Waals surface area contributed by atoms with Crippen LogP contribution in [-0.4, -0.2) is 88.5 Å². The number of aryl methyl sites for hydroxylation is 1. The summed E-state index contributed by atoms with van der Waals surface area (Å²) in [5.41, 5.74) is 0.992. The zero-order valence-electron chi connectivity index (χ0n) is 21.7. The van der Waals surface area contributed by atoms with Gasteiger partial charge < -0.3 is 24.8 Å². The molecule has 1 aromatic heterocycles. The van der Waals surface area contributed by atoms with Crippen molar-refractivity contribution in [1.82, 2.24) is 30.0 Å². The molecular weight excluding hydrogens is 448 g/mol. The van der Waals surface area contributed by atoms with E-state index in [1.54, 1.807) is 6.20 Å². The lowest BCUT2D eigenvalue weighted by Gasteiger charge is -2.51. The van der Waals surface area contributed by atoms with Crippen LogP contribution in [0, 0.1) is 6.92 Å². The van der Waals surface area contributed by atoms with E-state index in [0.29, 0.717) is 39.4 Å². The molecule has 3 rings (SSSR count). The Morgan fingerprint density at radius 1 is 1.11 bits per heavy atom. The number of rotatable bonds is 11. The number of hydrogen-bond acceptors (Lipinski definition) is 6. The molecule has 2 heterocycles. The second-order valence-corrected chi connectivity index (χ2v) is 9.40. The van der Waals surface area contributed by atoms with Crippen LogP contribution in [0.1, 0.15) is 69.9 Å². The number of carbonyl (C=O) groups excluding carboxylic acids is 3. The van der Waals surface area contributed by atoms with Crippen LogP contribution in [0.5, 0.6) is 0 Å². The Kier molecular flexibility index (Phi) is 10.1. The van der Waals surface area contributed by atoms with Gasteiger partial charge in [0.1, 0.15) is 11.9 Å². The largest absolute Gasteiger partial charge is 0.380 e. The van der Waals surface area contributed by atoms with Crippen LogP contribution in [0.4, 0.5) is 0 Å². The van der Waals surface area contributed by atoms with E-state index in [0.717, 1.165) is 37.2 Å². The van der Waals surface area contributed by atoms with Crippen LogP contribution in [0.3, 0.4) is 0 Å². The monoisotopic (exact) mass is 490 g/mol. The average Bonchev–Trinajstić information content (AvgIpc) is 3.18. The lowest BCUT2D eigenvalue weighted by molar-refractivity contribution is -0.145. The molecule has 35 heavy (non-hydrogen) atoms. The quantitative estimate of drug-likeness (QED) is 0.453. The van der Waals surface area contributed by atoms with Gasteiger partial charge in [0, 0.05) is 76.6 Å². The van der Waals surface area contributed by atoms with E-state index in [4.69, 9.17) is 4.74 Å². The first-order valence-electron chi connectivity index (χ1n) is 13.0. The van der Waals surface area contributed by atoms with Crippen molar-refractivity contribution >= 4 is 17.7 Å². The lowest BCUT2D eigenvalue weighted by atomic mass is 9.85. The minimum atomic E-state index is -0.534. The number of piperazine rings is 1. The predicted octanol–water partition coefficient (Wildman–Crippen LogP) is 1.29. The fourth-order valence-corrected chi connectivity index (χ4v) is 5.35. The molecule has 1 saturated carbocycles. The van der Waals surface area contributed by atoms with E-state index in [2.05, 4.69) is 20.5 Å². The number of nitrogens with one attached hydrogen (secondary N) is 2. The Morgan fingerprint density at radius 3 is 2.51 bits per heavy atom. The fourth-order valence-electron chi connectivity index (χ4n) is 5.35. The molecule has 2 aliphatic rings. The van der Waals surface area contributed by atoms with E-state index < -0.39 is 6.04 Å². The van der Waals surface area contributed by atoms with Gasteiger partial charge >= 0.3 is 0 Å². The molecule has 0 radical (unpaired) electrons. The Bertz CT molecular complexity index is 872. The number of nitrogens with zero attached hydrogens (tertiary/aromatic N) is 4. The van der Waals surface area contributed by atoms with Crippen LogP contribution in [-0.2, 0) is 26.2 Å². The highest BCUT2D eigenvalue weighted by Gasteiger charge is 2.45. The standard InChI is InChI=1S/C25H42N6O4/c1-5-26-21(32)11-12-22(33)30-14-15-31(20-10-8-7-9-19(20)30)23(24-28-17-18(3)29(24)4)25(34)27-13-16-35-6-2/h17,19-20,23H,5-16H2,1-4H3,(H,26,32)(H,27,34)/t19-,20-,23?/m1/s1. The Balaban J connectivity index is 1.79. The molecule has 1 saturated heterocycles. The molecular formula is C25H42N6O4. The zero-order valence-corrected chi connectivity index (χ0v) is 21.7. The molecule has 0 aromatic carbocycles. The Morgan fingerprint density at radius 2 is 1.86 bits per heavy atom. The maximum atomic E-state index is 13.5. The summed E-state index contributed by atoms with van der Waals surface area (Å²) >= 11 is 0. The molecule has 10 heteroatoms. The number of fused-ring (bicyclic) bond motifs is 1.